The summed E-state index contributed by atoms with van der Waals surface area (Å²) < 4.78 is 48.8. The first kappa shape index (κ1) is 19.1. The van der Waals surface area contributed by atoms with E-state index in [0.717, 1.165) is 4.90 Å². The number of alkyl halides is 3. The van der Waals surface area contributed by atoms with Gasteiger partial charge in [-0.25, -0.2) is 9.59 Å². The number of ether oxygens (including phenoxy) is 2. The van der Waals surface area contributed by atoms with Crippen LogP contribution in [0.3, 0.4) is 0 Å². The summed E-state index contributed by atoms with van der Waals surface area (Å²) in [7, 11) is 1.27. The Balaban J connectivity index is 1.87. The van der Waals surface area contributed by atoms with Crippen LogP contribution in [0.25, 0.3) is 0 Å². The van der Waals surface area contributed by atoms with Crippen molar-refractivity contribution in [3.63, 3.8) is 0 Å². The van der Waals surface area contributed by atoms with Gasteiger partial charge in [0.15, 0.2) is 0 Å². The van der Waals surface area contributed by atoms with Gasteiger partial charge in [0.05, 0.1) is 13.7 Å². The maximum Gasteiger partial charge on any atom is 0.410 e. The predicted octanol–water partition coefficient (Wildman–Crippen LogP) is 1.06. The number of nitrogens with zero attached hydrogens (tertiary/aromatic N) is 3. The smallest absolute Gasteiger partial charge is 0.410 e. The van der Waals surface area contributed by atoms with E-state index in [9.17, 15) is 27.6 Å². The lowest BCUT2D eigenvalue weighted by Gasteiger charge is -2.40. The van der Waals surface area contributed by atoms with Crippen molar-refractivity contribution in [2.24, 2.45) is 0 Å². The minimum Gasteiger partial charge on any atom is -0.453 e. The number of rotatable bonds is 2. The Morgan fingerprint density at radius 3 is 2.20 bits per heavy atom. The number of carbonyl (C=O) groups excluding carboxylic acids is 3. The SMILES string of the molecule is COC(=O)N1CCC(OC(=O)N2CCN(C=O)C(C(F)(F)F)C2)CC1. The number of hydrogen-bond donors (Lipinski definition) is 0. The molecule has 2 saturated heterocycles. The third-order valence-corrected chi connectivity index (χ3v) is 4.34. The van der Waals surface area contributed by atoms with Crippen LogP contribution in [0.5, 0.6) is 0 Å². The van der Waals surface area contributed by atoms with E-state index < -0.39 is 37.1 Å². The van der Waals surface area contributed by atoms with Crippen molar-refractivity contribution in [3.8, 4) is 0 Å². The Morgan fingerprint density at radius 2 is 1.68 bits per heavy atom. The van der Waals surface area contributed by atoms with Gasteiger partial charge in [0.25, 0.3) is 0 Å². The van der Waals surface area contributed by atoms with Crippen molar-refractivity contribution in [2.45, 2.75) is 31.2 Å². The molecule has 0 saturated carbocycles. The van der Waals surface area contributed by atoms with Crippen LogP contribution in [0.1, 0.15) is 12.8 Å². The van der Waals surface area contributed by atoms with E-state index in [1.807, 2.05) is 0 Å². The average Bonchev–Trinajstić information content (AvgIpc) is 2.60. The van der Waals surface area contributed by atoms with Crippen LogP contribution in [0.4, 0.5) is 22.8 Å². The zero-order valence-electron chi connectivity index (χ0n) is 13.7. The number of carbonyl (C=O) groups is 3. The monoisotopic (exact) mass is 367 g/mol. The second-order valence-corrected chi connectivity index (χ2v) is 5.89. The van der Waals surface area contributed by atoms with Gasteiger partial charge in [-0.15, -0.1) is 0 Å². The van der Waals surface area contributed by atoms with Gasteiger partial charge < -0.3 is 24.2 Å². The predicted molar refractivity (Wildman–Crippen MR) is 77.7 cm³/mol. The maximum atomic E-state index is 13.0. The Labute approximate surface area is 142 Å². The van der Waals surface area contributed by atoms with Crippen LogP contribution in [0.2, 0.25) is 0 Å². The maximum absolute atomic E-state index is 13.0. The van der Waals surface area contributed by atoms with E-state index in [0.29, 0.717) is 30.8 Å². The van der Waals surface area contributed by atoms with Crippen molar-refractivity contribution in [1.82, 2.24) is 14.7 Å². The molecule has 3 amide bonds. The third-order valence-electron chi connectivity index (χ3n) is 4.34. The van der Waals surface area contributed by atoms with Gasteiger partial charge in [0, 0.05) is 39.0 Å². The minimum atomic E-state index is -4.62. The van der Waals surface area contributed by atoms with Crippen LogP contribution in [-0.2, 0) is 14.3 Å². The summed E-state index contributed by atoms with van der Waals surface area (Å²) in [4.78, 5) is 37.3. The topological polar surface area (TPSA) is 79.4 Å². The summed E-state index contributed by atoms with van der Waals surface area (Å²) in [5, 5.41) is 0. The molecule has 0 aromatic carbocycles. The molecule has 0 spiro atoms. The van der Waals surface area contributed by atoms with E-state index >= 15 is 0 Å². The average molecular weight is 367 g/mol. The number of methoxy groups -OCH3 is 1. The van der Waals surface area contributed by atoms with Crippen LogP contribution in [0, 0.1) is 0 Å². The van der Waals surface area contributed by atoms with Crippen molar-refractivity contribution in [3.05, 3.63) is 0 Å². The van der Waals surface area contributed by atoms with Gasteiger partial charge in [-0.05, 0) is 0 Å². The first-order valence-electron chi connectivity index (χ1n) is 7.82. The highest BCUT2D eigenvalue weighted by Gasteiger charge is 2.47. The molecule has 8 nitrogen and oxygen atoms in total. The summed E-state index contributed by atoms with van der Waals surface area (Å²) in [6, 6.07) is -2.03. The van der Waals surface area contributed by atoms with Gasteiger partial charge >= 0.3 is 18.4 Å². The van der Waals surface area contributed by atoms with E-state index in [4.69, 9.17) is 4.74 Å². The van der Waals surface area contributed by atoms with Gasteiger partial charge in [-0.1, -0.05) is 0 Å². The molecule has 11 heteroatoms. The molecule has 0 radical (unpaired) electrons. The number of piperazine rings is 1. The van der Waals surface area contributed by atoms with E-state index in [2.05, 4.69) is 4.74 Å². The molecule has 2 aliphatic rings. The van der Waals surface area contributed by atoms with Crippen LogP contribution in [0.15, 0.2) is 0 Å². The molecule has 0 aromatic heterocycles. The van der Waals surface area contributed by atoms with Crippen molar-refractivity contribution < 1.29 is 37.0 Å². The molecule has 142 valence electrons. The van der Waals surface area contributed by atoms with E-state index in [1.165, 1.54) is 12.0 Å². The molecule has 1 unspecified atom stereocenters. The highest BCUT2D eigenvalue weighted by molar-refractivity contribution is 5.69. The Hall–Kier alpha value is -2.20. The van der Waals surface area contributed by atoms with Gasteiger partial charge in [0.2, 0.25) is 6.41 Å². The molecule has 0 aliphatic carbocycles. The standard InChI is InChI=1S/C14H20F3N3O5/c1-24-12(22)18-4-2-10(3-5-18)25-13(23)19-6-7-20(9-21)11(8-19)14(15,16)17/h9-11H,2-8H2,1H3. The Bertz CT molecular complexity index is 508. The fourth-order valence-corrected chi connectivity index (χ4v) is 2.88. The fraction of sp³-hybridized carbons (Fsp3) is 0.786. The fourth-order valence-electron chi connectivity index (χ4n) is 2.88. The zero-order chi connectivity index (χ0) is 18.6. The van der Waals surface area contributed by atoms with Gasteiger partial charge in [-0.3, -0.25) is 4.79 Å². The molecule has 2 heterocycles. The van der Waals surface area contributed by atoms with E-state index in [-0.39, 0.29) is 19.5 Å². The summed E-state index contributed by atoms with van der Waals surface area (Å²) in [5.41, 5.74) is 0. The molecular weight excluding hydrogens is 347 g/mol. The quantitative estimate of drug-likeness (QED) is 0.682. The molecule has 2 aliphatic heterocycles. The first-order valence-corrected chi connectivity index (χ1v) is 7.82. The Morgan fingerprint density at radius 1 is 1.04 bits per heavy atom. The third kappa shape index (κ3) is 4.67. The second kappa shape index (κ2) is 7.79. The summed E-state index contributed by atoms with van der Waals surface area (Å²) in [6.07, 6.45) is -5.48. The molecule has 0 aromatic rings. The van der Waals surface area contributed by atoms with Crippen LogP contribution < -0.4 is 0 Å². The Kier molecular flexibility index (Phi) is 5.96. The molecular formula is C14H20F3N3O5. The highest BCUT2D eigenvalue weighted by atomic mass is 19.4. The number of likely N-dealkylation sites (tertiary alicyclic amines) is 1. The first-order chi connectivity index (χ1) is 11.8. The van der Waals surface area contributed by atoms with Crippen LogP contribution in [-0.4, -0.2) is 91.5 Å². The second-order valence-electron chi connectivity index (χ2n) is 5.89. The van der Waals surface area contributed by atoms with Gasteiger partial charge in [0.1, 0.15) is 12.1 Å². The molecule has 2 rings (SSSR count). The van der Waals surface area contributed by atoms with Crippen molar-refractivity contribution in [1.29, 1.82) is 0 Å². The lowest BCUT2D eigenvalue weighted by Crippen LogP contribution is -2.60. The number of halogens is 3. The molecule has 1 atom stereocenters. The minimum absolute atomic E-state index is 0.0227. The van der Waals surface area contributed by atoms with Crippen LogP contribution >= 0.6 is 0 Å². The van der Waals surface area contributed by atoms with Crippen molar-refractivity contribution >= 4 is 18.6 Å². The lowest BCUT2D eigenvalue weighted by molar-refractivity contribution is -0.194. The molecule has 0 bridgehead atoms. The number of amides is 3. The molecule has 2 fully saturated rings. The molecule has 0 N–H and O–H groups in total. The van der Waals surface area contributed by atoms with Crippen molar-refractivity contribution in [2.75, 3.05) is 39.8 Å². The van der Waals surface area contributed by atoms with Gasteiger partial charge in [-0.2, -0.15) is 13.2 Å². The number of hydrogen-bond acceptors (Lipinski definition) is 5. The highest BCUT2D eigenvalue weighted by Crippen LogP contribution is 2.27. The summed E-state index contributed by atoms with van der Waals surface area (Å²) in [6.45, 7) is -0.194. The largest absolute Gasteiger partial charge is 0.453 e. The van der Waals surface area contributed by atoms with E-state index in [1.54, 1.807) is 0 Å². The zero-order valence-corrected chi connectivity index (χ0v) is 13.7. The summed E-state index contributed by atoms with van der Waals surface area (Å²) in [5.74, 6) is 0. The number of piperidine rings is 1. The molecule has 25 heavy (non-hydrogen) atoms. The normalized spacial score (nSPS) is 22.6. The summed E-state index contributed by atoms with van der Waals surface area (Å²) >= 11 is 0. The lowest BCUT2D eigenvalue weighted by atomic mass is 10.1.